The number of benzene rings is 2. The van der Waals surface area contributed by atoms with E-state index < -0.39 is 29.3 Å². The highest BCUT2D eigenvalue weighted by molar-refractivity contribution is 5.82. The molecule has 4 rings (SSSR count). The summed E-state index contributed by atoms with van der Waals surface area (Å²) in [6.45, 7) is 6.08. The molecule has 2 N–H and O–H groups in total. The Kier molecular flexibility index (Phi) is 8.62. The van der Waals surface area contributed by atoms with Crippen LogP contribution in [0.1, 0.15) is 44.7 Å². The highest BCUT2D eigenvalue weighted by atomic mass is 19.1. The third-order valence-electron chi connectivity index (χ3n) is 6.76. The lowest BCUT2D eigenvalue weighted by Crippen LogP contribution is -2.59. The van der Waals surface area contributed by atoms with E-state index in [1.165, 1.54) is 19.2 Å². The number of likely N-dealkylation sites (tertiary alicyclic amines) is 1. The monoisotopic (exact) mass is 541 g/mol. The van der Waals surface area contributed by atoms with Gasteiger partial charge in [-0.15, -0.1) is 0 Å². The second-order valence-corrected chi connectivity index (χ2v) is 11.0. The number of fused-ring (bicyclic) bond motifs is 5. The summed E-state index contributed by atoms with van der Waals surface area (Å²) in [6, 6.07) is 9.06. The zero-order valence-electron chi connectivity index (χ0n) is 22.8. The fourth-order valence-corrected chi connectivity index (χ4v) is 4.76. The van der Waals surface area contributed by atoms with E-state index >= 15 is 0 Å². The van der Waals surface area contributed by atoms with Crippen LogP contribution in [0.15, 0.2) is 36.4 Å². The van der Waals surface area contributed by atoms with Gasteiger partial charge in [-0.3, -0.25) is 14.4 Å². The van der Waals surface area contributed by atoms with Gasteiger partial charge in [-0.1, -0.05) is 26.8 Å². The van der Waals surface area contributed by atoms with E-state index in [-0.39, 0.29) is 43.7 Å². The SMILES string of the molecule is COc1ccc2cc1OCC(=O)N[C@@H]1CN(C(=O)C(C)(C)C)CC[C@H]1Oc1cc(F)cc(c1)CNC(=O)CC2. The van der Waals surface area contributed by atoms with Crippen LogP contribution in [0.25, 0.3) is 0 Å². The number of piperidine rings is 1. The van der Waals surface area contributed by atoms with Crippen molar-refractivity contribution in [2.75, 3.05) is 26.8 Å². The molecule has 4 bridgehead atoms. The zero-order valence-corrected chi connectivity index (χ0v) is 22.8. The van der Waals surface area contributed by atoms with Crippen molar-refractivity contribution in [1.29, 1.82) is 0 Å². The van der Waals surface area contributed by atoms with Gasteiger partial charge in [-0.05, 0) is 41.8 Å². The molecule has 0 saturated carbocycles. The minimum Gasteiger partial charge on any atom is -0.493 e. The standard InChI is InChI=1S/C29H36FN3O6/c1-29(2,3)28(36)33-10-9-23-22(16-33)32-27(35)17-38-25-13-18(5-7-24(25)37-4)6-8-26(34)31-15-19-11-20(30)14-21(12-19)39-23/h5,7,11-14,22-23H,6,8-10,15-17H2,1-4H3,(H,31,34)(H,32,35)/t22-,23-/m1/s1. The zero-order chi connectivity index (χ0) is 28.2. The van der Waals surface area contributed by atoms with Crippen LogP contribution in [0.2, 0.25) is 0 Å². The number of rotatable bonds is 1. The molecule has 10 heteroatoms. The topological polar surface area (TPSA) is 106 Å². The Bertz CT molecular complexity index is 1230. The molecule has 1 saturated heterocycles. The predicted molar refractivity (Wildman–Crippen MR) is 142 cm³/mol. The van der Waals surface area contributed by atoms with Crippen LogP contribution in [-0.4, -0.2) is 61.6 Å². The molecule has 9 nitrogen and oxygen atoms in total. The van der Waals surface area contributed by atoms with E-state index in [1.807, 2.05) is 26.8 Å². The smallest absolute Gasteiger partial charge is 0.258 e. The second kappa shape index (κ2) is 11.9. The quantitative estimate of drug-likeness (QED) is 0.575. The Morgan fingerprint density at radius 3 is 2.62 bits per heavy atom. The number of nitrogens with one attached hydrogen (secondary N) is 2. The fourth-order valence-electron chi connectivity index (χ4n) is 4.76. The van der Waals surface area contributed by atoms with Gasteiger partial charge in [0.15, 0.2) is 18.1 Å². The number of nitrogens with zero attached hydrogens (tertiary/aromatic N) is 1. The molecule has 2 atom stereocenters. The van der Waals surface area contributed by atoms with E-state index in [1.54, 1.807) is 23.1 Å². The van der Waals surface area contributed by atoms with Crippen LogP contribution in [0.3, 0.4) is 0 Å². The summed E-state index contributed by atoms with van der Waals surface area (Å²) in [5.41, 5.74) is 0.813. The summed E-state index contributed by atoms with van der Waals surface area (Å²) in [7, 11) is 1.51. The van der Waals surface area contributed by atoms with Gasteiger partial charge in [-0.2, -0.15) is 0 Å². The molecule has 0 spiro atoms. The average Bonchev–Trinajstić information content (AvgIpc) is 2.89. The normalized spacial score (nSPS) is 20.7. The molecule has 0 radical (unpaired) electrons. The van der Waals surface area contributed by atoms with Crippen molar-refractivity contribution in [3.05, 3.63) is 53.3 Å². The lowest BCUT2D eigenvalue weighted by molar-refractivity contribution is -0.143. The first-order valence-corrected chi connectivity index (χ1v) is 13.1. The van der Waals surface area contributed by atoms with Gasteiger partial charge in [0, 0.05) is 44.0 Å². The van der Waals surface area contributed by atoms with Gasteiger partial charge in [-0.25, -0.2) is 4.39 Å². The van der Waals surface area contributed by atoms with Crippen LogP contribution in [0, 0.1) is 11.2 Å². The summed E-state index contributed by atoms with van der Waals surface area (Å²) in [4.78, 5) is 40.2. The molecule has 1 fully saturated rings. The minimum atomic E-state index is -0.584. The second-order valence-electron chi connectivity index (χ2n) is 11.0. The summed E-state index contributed by atoms with van der Waals surface area (Å²) in [5, 5.41) is 5.79. The first-order chi connectivity index (χ1) is 18.5. The maximum Gasteiger partial charge on any atom is 0.258 e. The number of amides is 3. The van der Waals surface area contributed by atoms with Crippen molar-refractivity contribution in [3.63, 3.8) is 0 Å². The minimum absolute atomic E-state index is 0.0313. The van der Waals surface area contributed by atoms with Crippen molar-refractivity contribution >= 4 is 17.7 Å². The Balaban J connectivity index is 1.62. The lowest BCUT2D eigenvalue weighted by Gasteiger charge is -2.41. The number of halogens is 1. The Hall–Kier alpha value is -3.82. The number of hydrogen-bond acceptors (Lipinski definition) is 6. The van der Waals surface area contributed by atoms with Crippen LogP contribution in [-0.2, 0) is 27.3 Å². The molecule has 2 aliphatic heterocycles. The van der Waals surface area contributed by atoms with Gasteiger partial charge < -0.3 is 29.7 Å². The molecule has 0 aromatic heterocycles. The molecule has 2 aromatic rings. The molecule has 0 unspecified atom stereocenters. The van der Waals surface area contributed by atoms with Crippen molar-refractivity contribution in [2.24, 2.45) is 5.41 Å². The van der Waals surface area contributed by atoms with Crippen LogP contribution in [0.4, 0.5) is 4.39 Å². The van der Waals surface area contributed by atoms with E-state index in [4.69, 9.17) is 14.2 Å². The lowest BCUT2D eigenvalue weighted by atomic mass is 9.92. The van der Waals surface area contributed by atoms with Gasteiger partial charge in [0.2, 0.25) is 11.8 Å². The number of hydrogen-bond donors (Lipinski definition) is 2. The maximum absolute atomic E-state index is 14.5. The third-order valence-corrected chi connectivity index (χ3v) is 6.76. The van der Waals surface area contributed by atoms with E-state index in [0.29, 0.717) is 36.4 Å². The van der Waals surface area contributed by atoms with E-state index in [0.717, 1.165) is 5.56 Å². The summed E-state index contributed by atoms with van der Waals surface area (Å²) in [6.07, 6.45) is 0.584. The van der Waals surface area contributed by atoms with Crippen LogP contribution in [0.5, 0.6) is 17.2 Å². The third kappa shape index (κ3) is 7.40. The molecule has 2 heterocycles. The van der Waals surface area contributed by atoms with Crippen molar-refractivity contribution in [2.45, 2.75) is 58.7 Å². The number of aryl methyl sites for hydroxylation is 1. The molecule has 3 amide bonds. The maximum atomic E-state index is 14.5. The molecule has 0 aliphatic carbocycles. The average molecular weight is 542 g/mol. The fraction of sp³-hybridized carbons (Fsp3) is 0.483. The highest BCUT2D eigenvalue weighted by Crippen LogP contribution is 2.29. The van der Waals surface area contributed by atoms with Crippen molar-refractivity contribution < 1.29 is 33.0 Å². The molecular formula is C29H36FN3O6. The number of methoxy groups -OCH3 is 1. The van der Waals surface area contributed by atoms with E-state index in [9.17, 15) is 18.8 Å². The molecular weight excluding hydrogens is 505 g/mol. The van der Waals surface area contributed by atoms with Gasteiger partial charge in [0.25, 0.3) is 5.91 Å². The van der Waals surface area contributed by atoms with E-state index in [2.05, 4.69) is 10.6 Å². The number of carbonyl (C=O) groups excluding carboxylic acids is 3. The summed E-state index contributed by atoms with van der Waals surface area (Å²) in [5.74, 6) is 0.0338. The predicted octanol–water partition coefficient (Wildman–Crippen LogP) is 2.99. The molecule has 39 heavy (non-hydrogen) atoms. The Labute approximate surface area is 228 Å². The van der Waals surface area contributed by atoms with Crippen LogP contribution >= 0.6 is 0 Å². The Morgan fingerprint density at radius 1 is 1.08 bits per heavy atom. The molecule has 210 valence electrons. The van der Waals surface area contributed by atoms with Gasteiger partial charge in [0.1, 0.15) is 17.7 Å². The van der Waals surface area contributed by atoms with Crippen molar-refractivity contribution in [3.8, 4) is 17.2 Å². The van der Waals surface area contributed by atoms with Crippen molar-refractivity contribution in [1.82, 2.24) is 15.5 Å². The largest absolute Gasteiger partial charge is 0.493 e. The van der Waals surface area contributed by atoms with Crippen LogP contribution < -0.4 is 24.8 Å². The number of ether oxygens (including phenoxy) is 3. The highest BCUT2D eigenvalue weighted by Gasteiger charge is 2.37. The molecule has 2 aliphatic rings. The Morgan fingerprint density at radius 2 is 1.87 bits per heavy atom. The molecule has 2 aromatic carbocycles. The first-order valence-electron chi connectivity index (χ1n) is 13.1. The van der Waals surface area contributed by atoms with Gasteiger partial charge in [0.05, 0.1) is 13.2 Å². The summed E-state index contributed by atoms with van der Waals surface area (Å²) >= 11 is 0. The van der Waals surface area contributed by atoms with Gasteiger partial charge >= 0.3 is 0 Å². The number of carbonyl (C=O) groups is 3. The summed E-state index contributed by atoms with van der Waals surface area (Å²) < 4.78 is 31.8. The first kappa shape index (κ1) is 28.2.